The van der Waals surface area contributed by atoms with Gasteiger partial charge in [0.15, 0.2) is 0 Å². The molecule has 1 saturated heterocycles. The minimum absolute atomic E-state index is 0.131. The summed E-state index contributed by atoms with van der Waals surface area (Å²) in [5, 5.41) is 1.21. The zero-order chi connectivity index (χ0) is 13.5. The van der Waals surface area contributed by atoms with Gasteiger partial charge >= 0.3 is 0 Å². The fourth-order valence-corrected chi connectivity index (χ4v) is 2.60. The second-order valence-electron chi connectivity index (χ2n) is 4.55. The molecule has 1 fully saturated rings. The largest absolute Gasteiger partial charge is 0.361 e. The maximum Gasteiger partial charge on any atom is 0.0456 e. The molecule has 2 nitrogen and oxygen atoms in total. The number of likely N-dealkylation sites (N-methyl/N-ethyl adjacent to an activating group) is 1. The van der Waals surface area contributed by atoms with Gasteiger partial charge in [-0.3, -0.25) is 0 Å². The van der Waals surface area contributed by atoms with Crippen LogP contribution in [0.25, 0.3) is 10.9 Å². The van der Waals surface area contributed by atoms with Crippen molar-refractivity contribution >= 4 is 10.9 Å². The molecule has 0 saturated carbocycles. The Morgan fingerprint density at radius 2 is 2.44 bits per heavy atom. The van der Waals surface area contributed by atoms with Gasteiger partial charge in [0.05, 0.1) is 0 Å². The normalized spacial score (nSPS) is 25.5. The first-order valence-electron chi connectivity index (χ1n) is 7.37. The number of nitrogens with zero attached hydrogens (tertiary/aromatic N) is 1. The SMILES string of the molecule is [2H]C([2H])([2H])N1CCC[C@H]1Cc1c[nH]c2ccccc12. The van der Waals surface area contributed by atoms with E-state index >= 15 is 0 Å². The summed E-state index contributed by atoms with van der Waals surface area (Å²) in [6, 6.07) is 8.31. The highest BCUT2D eigenvalue weighted by molar-refractivity contribution is 5.83. The van der Waals surface area contributed by atoms with Crippen LogP contribution in [-0.2, 0) is 6.42 Å². The third-order valence-corrected chi connectivity index (χ3v) is 3.51. The fourth-order valence-electron chi connectivity index (χ4n) is 2.60. The monoisotopic (exact) mass is 217 g/mol. The molecule has 2 heterocycles. The lowest BCUT2D eigenvalue weighted by Gasteiger charge is -2.18. The minimum Gasteiger partial charge on any atom is -0.361 e. The molecule has 1 aromatic carbocycles. The Bertz CT molecular complexity index is 573. The highest BCUT2D eigenvalue weighted by atomic mass is 15.1. The maximum absolute atomic E-state index is 7.60. The summed E-state index contributed by atoms with van der Waals surface area (Å²) >= 11 is 0. The Morgan fingerprint density at radius 1 is 1.50 bits per heavy atom. The number of rotatable bonds is 2. The second-order valence-corrected chi connectivity index (χ2v) is 4.55. The summed E-state index contributed by atoms with van der Waals surface area (Å²) < 4.78 is 22.8. The topological polar surface area (TPSA) is 19.0 Å². The highest BCUT2D eigenvalue weighted by Crippen LogP contribution is 2.24. The van der Waals surface area contributed by atoms with Crippen molar-refractivity contribution in [1.29, 1.82) is 0 Å². The van der Waals surface area contributed by atoms with Crippen LogP contribution in [-0.4, -0.2) is 29.4 Å². The van der Waals surface area contributed by atoms with Gasteiger partial charge in [-0.2, -0.15) is 0 Å². The van der Waals surface area contributed by atoms with E-state index in [4.69, 9.17) is 4.11 Å². The Morgan fingerprint density at radius 3 is 3.38 bits per heavy atom. The van der Waals surface area contributed by atoms with Crippen LogP contribution in [0.5, 0.6) is 0 Å². The Labute approximate surface area is 100 Å². The number of aromatic amines is 1. The first kappa shape index (κ1) is 7.13. The molecule has 3 rings (SSSR count). The molecular weight excluding hydrogens is 196 g/mol. The minimum atomic E-state index is -1.97. The summed E-state index contributed by atoms with van der Waals surface area (Å²) in [5.74, 6) is 0. The Kier molecular flexibility index (Phi) is 1.76. The molecule has 0 unspecified atom stereocenters. The first-order chi connectivity index (χ1) is 9.05. The van der Waals surface area contributed by atoms with E-state index in [9.17, 15) is 0 Å². The van der Waals surface area contributed by atoms with Crippen molar-refractivity contribution in [1.82, 2.24) is 9.88 Å². The van der Waals surface area contributed by atoms with Crippen molar-refractivity contribution in [3.63, 3.8) is 0 Å². The van der Waals surface area contributed by atoms with Crippen LogP contribution in [0.2, 0.25) is 0 Å². The molecule has 84 valence electrons. The number of aromatic nitrogens is 1. The van der Waals surface area contributed by atoms with Gasteiger partial charge in [-0.15, -0.1) is 0 Å². The van der Waals surface area contributed by atoms with Crippen molar-refractivity contribution in [2.24, 2.45) is 0 Å². The van der Waals surface area contributed by atoms with E-state index < -0.39 is 6.98 Å². The Balaban J connectivity index is 1.85. The van der Waals surface area contributed by atoms with E-state index in [1.807, 2.05) is 18.3 Å². The predicted molar refractivity (Wildman–Crippen MR) is 67.7 cm³/mol. The van der Waals surface area contributed by atoms with Crippen LogP contribution in [0.15, 0.2) is 30.5 Å². The van der Waals surface area contributed by atoms with Gasteiger partial charge in [0.1, 0.15) is 0 Å². The second kappa shape index (κ2) is 3.95. The Hall–Kier alpha value is -1.28. The lowest BCUT2D eigenvalue weighted by Crippen LogP contribution is -2.26. The summed E-state index contributed by atoms with van der Waals surface area (Å²) in [6.07, 6.45) is 4.77. The van der Waals surface area contributed by atoms with Gasteiger partial charge in [0, 0.05) is 27.3 Å². The third kappa shape index (κ3) is 1.63. The van der Waals surface area contributed by atoms with Crippen molar-refractivity contribution in [2.75, 3.05) is 13.5 Å². The average molecular weight is 217 g/mol. The molecule has 2 aromatic rings. The highest BCUT2D eigenvalue weighted by Gasteiger charge is 2.21. The van der Waals surface area contributed by atoms with Crippen molar-refractivity contribution in [3.8, 4) is 0 Å². The molecule has 1 N–H and O–H groups in total. The van der Waals surface area contributed by atoms with E-state index in [0.29, 0.717) is 6.54 Å². The zero-order valence-electron chi connectivity index (χ0n) is 12.2. The lowest BCUT2D eigenvalue weighted by atomic mass is 10.0. The summed E-state index contributed by atoms with van der Waals surface area (Å²) in [7, 11) is 0. The molecular formula is C14H18N2. The molecule has 0 bridgehead atoms. The van der Waals surface area contributed by atoms with E-state index in [2.05, 4.69) is 17.1 Å². The average Bonchev–Trinajstić information content (AvgIpc) is 2.97. The van der Waals surface area contributed by atoms with Crippen LogP contribution < -0.4 is 0 Å². The molecule has 0 amide bonds. The number of H-pyrrole nitrogens is 1. The number of nitrogens with one attached hydrogen (secondary N) is 1. The summed E-state index contributed by atoms with van der Waals surface area (Å²) in [5.41, 5.74) is 2.34. The van der Waals surface area contributed by atoms with Crippen LogP contribution in [0, 0.1) is 0 Å². The fraction of sp³-hybridized carbons (Fsp3) is 0.429. The van der Waals surface area contributed by atoms with Crippen LogP contribution in [0.4, 0.5) is 0 Å². The first-order valence-corrected chi connectivity index (χ1v) is 5.87. The smallest absolute Gasteiger partial charge is 0.0456 e. The van der Waals surface area contributed by atoms with Gasteiger partial charge < -0.3 is 9.88 Å². The molecule has 1 aliphatic heterocycles. The number of para-hydroxylation sites is 1. The quantitative estimate of drug-likeness (QED) is 0.819. The molecule has 2 heteroatoms. The summed E-state index contributed by atoms with van der Waals surface area (Å²) in [6.45, 7) is -1.28. The number of hydrogen-bond donors (Lipinski definition) is 1. The molecule has 0 spiro atoms. The molecule has 16 heavy (non-hydrogen) atoms. The van der Waals surface area contributed by atoms with Gasteiger partial charge in [-0.25, -0.2) is 0 Å². The molecule has 0 aliphatic carbocycles. The van der Waals surface area contributed by atoms with Crippen LogP contribution in [0.3, 0.4) is 0 Å². The van der Waals surface area contributed by atoms with E-state index in [0.717, 1.165) is 24.8 Å². The molecule has 1 aliphatic rings. The zero-order valence-corrected chi connectivity index (χ0v) is 9.24. The van der Waals surface area contributed by atoms with E-state index in [1.54, 1.807) is 4.90 Å². The van der Waals surface area contributed by atoms with Gasteiger partial charge in [-0.05, 0) is 44.4 Å². The molecule has 1 aromatic heterocycles. The number of hydrogen-bond acceptors (Lipinski definition) is 1. The van der Waals surface area contributed by atoms with Crippen LogP contribution >= 0.6 is 0 Å². The number of fused-ring (bicyclic) bond motifs is 1. The van der Waals surface area contributed by atoms with Crippen molar-refractivity contribution in [2.45, 2.75) is 25.3 Å². The van der Waals surface area contributed by atoms with Crippen LogP contribution in [0.1, 0.15) is 22.5 Å². The van der Waals surface area contributed by atoms with E-state index in [-0.39, 0.29) is 6.04 Å². The maximum atomic E-state index is 7.60. The third-order valence-electron chi connectivity index (χ3n) is 3.51. The van der Waals surface area contributed by atoms with Gasteiger partial charge in [-0.1, -0.05) is 18.2 Å². The predicted octanol–water partition coefficient (Wildman–Crippen LogP) is 2.80. The number of likely N-dealkylation sites (tertiary alicyclic amines) is 1. The van der Waals surface area contributed by atoms with Crippen molar-refractivity contribution in [3.05, 3.63) is 36.0 Å². The van der Waals surface area contributed by atoms with E-state index in [1.165, 1.54) is 10.9 Å². The molecule has 0 radical (unpaired) electrons. The van der Waals surface area contributed by atoms with Gasteiger partial charge in [0.25, 0.3) is 0 Å². The summed E-state index contributed by atoms with van der Waals surface area (Å²) in [4.78, 5) is 4.93. The van der Waals surface area contributed by atoms with Crippen molar-refractivity contribution < 1.29 is 4.11 Å². The number of benzene rings is 1. The van der Waals surface area contributed by atoms with Gasteiger partial charge in [0.2, 0.25) is 0 Å². The standard InChI is InChI=1S/C14H18N2/c1-16-8-4-5-12(16)9-11-10-15-14-7-3-2-6-13(11)14/h2-3,6-7,10,12,15H,4-5,8-9H2,1H3/t12-/m0/s1/i1D3. The lowest BCUT2D eigenvalue weighted by molar-refractivity contribution is 0.310. The molecule has 1 atom stereocenters.